The second-order valence-electron chi connectivity index (χ2n) is 3.54. The number of nitrogens with zero attached hydrogens (tertiary/aromatic N) is 1. The number of anilines is 1. The first-order chi connectivity index (χ1) is 7.61. The van der Waals surface area contributed by atoms with Crippen LogP contribution in [-0.2, 0) is 0 Å². The lowest BCUT2D eigenvalue weighted by Crippen LogP contribution is -2.13. The molecular formula is C11H13N3O2. The summed E-state index contributed by atoms with van der Waals surface area (Å²) in [6, 6.07) is 6.72. The number of aryl methyl sites for hydroxylation is 1. The fraction of sp³-hybridized carbons (Fsp3) is 0.182. The average molecular weight is 219 g/mol. The van der Waals surface area contributed by atoms with Crippen molar-refractivity contribution >= 4 is 5.69 Å². The number of benzene rings is 1. The van der Waals surface area contributed by atoms with E-state index in [-0.39, 0.29) is 5.56 Å². The van der Waals surface area contributed by atoms with Crippen molar-refractivity contribution < 1.29 is 4.74 Å². The molecule has 1 aromatic heterocycles. The quantitative estimate of drug-likeness (QED) is 0.742. The van der Waals surface area contributed by atoms with Crippen LogP contribution in [0.2, 0.25) is 0 Å². The smallest absolute Gasteiger partial charge is 0.271 e. The van der Waals surface area contributed by atoms with Crippen molar-refractivity contribution in [1.29, 1.82) is 0 Å². The lowest BCUT2D eigenvalue weighted by molar-refractivity contribution is 0.417. The Morgan fingerprint density at radius 1 is 1.38 bits per heavy atom. The summed E-state index contributed by atoms with van der Waals surface area (Å²) in [4.78, 5) is 11.6. The Balaban J connectivity index is 2.53. The predicted octanol–water partition coefficient (Wildman–Crippen LogP) is 1.06. The highest BCUT2D eigenvalue weighted by Crippen LogP contribution is 2.22. The van der Waals surface area contributed by atoms with Crippen LogP contribution in [-0.4, -0.2) is 16.9 Å². The van der Waals surface area contributed by atoms with E-state index in [9.17, 15) is 4.79 Å². The van der Waals surface area contributed by atoms with Crippen LogP contribution in [0.3, 0.4) is 0 Å². The third-order valence-electron chi connectivity index (χ3n) is 2.32. The maximum Gasteiger partial charge on any atom is 0.271 e. The standard InChI is InChI=1S/C11H13N3O2/c1-7-5-11(15)14(13-7)8-3-4-10(16-2)9(12)6-8/h3-6,13H,12H2,1-2H3. The molecule has 0 saturated carbocycles. The molecule has 0 aliphatic heterocycles. The lowest BCUT2D eigenvalue weighted by Gasteiger charge is -2.07. The van der Waals surface area contributed by atoms with Crippen molar-refractivity contribution in [1.82, 2.24) is 9.78 Å². The number of ether oxygens (including phenoxy) is 1. The van der Waals surface area contributed by atoms with Gasteiger partial charge in [0.15, 0.2) is 0 Å². The van der Waals surface area contributed by atoms with Gasteiger partial charge >= 0.3 is 0 Å². The van der Waals surface area contributed by atoms with Crippen LogP contribution in [0.5, 0.6) is 5.75 Å². The normalized spacial score (nSPS) is 10.4. The van der Waals surface area contributed by atoms with Gasteiger partial charge < -0.3 is 10.5 Å². The van der Waals surface area contributed by atoms with Crippen LogP contribution < -0.4 is 16.0 Å². The van der Waals surface area contributed by atoms with Crippen molar-refractivity contribution in [3.05, 3.63) is 40.3 Å². The van der Waals surface area contributed by atoms with E-state index in [4.69, 9.17) is 10.5 Å². The number of methoxy groups -OCH3 is 1. The highest BCUT2D eigenvalue weighted by Gasteiger charge is 2.05. The molecule has 0 bridgehead atoms. The summed E-state index contributed by atoms with van der Waals surface area (Å²) in [6.07, 6.45) is 0. The molecule has 0 atom stereocenters. The molecular weight excluding hydrogens is 206 g/mol. The van der Waals surface area contributed by atoms with Crippen LogP contribution in [0.1, 0.15) is 5.69 Å². The van der Waals surface area contributed by atoms with Gasteiger partial charge in [-0.05, 0) is 25.1 Å². The molecule has 16 heavy (non-hydrogen) atoms. The molecule has 0 spiro atoms. The van der Waals surface area contributed by atoms with E-state index in [1.54, 1.807) is 25.3 Å². The summed E-state index contributed by atoms with van der Waals surface area (Å²) in [6.45, 7) is 1.82. The van der Waals surface area contributed by atoms with Gasteiger partial charge in [-0.3, -0.25) is 9.89 Å². The maximum absolute atomic E-state index is 11.6. The summed E-state index contributed by atoms with van der Waals surface area (Å²) in [5.74, 6) is 0.597. The zero-order chi connectivity index (χ0) is 11.7. The summed E-state index contributed by atoms with van der Waals surface area (Å²) >= 11 is 0. The monoisotopic (exact) mass is 219 g/mol. The fourth-order valence-corrected chi connectivity index (χ4v) is 1.57. The van der Waals surface area contributed by atoms with Crippen LogP contribution >= 0.6 is 0 Å². The first kappa shape index (κ1) is 10.4. The number of nitrogens with two attached hydrogens (primary N) is 1. The number of aromatic nitrogens is 2. The second kappa shape index (κ2) is 3.77. The van der Waals surface area contributed by atoms with Gasteiger partial charge in [-0.15, -0.1) is 0 Å². The minimum Gasteiger partial charge on any atom is -0.495 e. The molecule has 84 valence electrons. The number of nitrogen functional groups attached to an aromatic ring is 1. The van der Waals surface area contributed by atoms with Gasteiger partial charge in [0.05, 0.1) is 18.5 Å². The van der Waals surface area contributed by atoms with E-state index in [0.29, 0.717) is 17.1 Å². The third kappa shape index (κ3) is 1.67. The molecule has 3 N–H and O–H groups in total. The van der Waals surface area contributed by atoms with E-state index in [1.165, 1.54) is 10.7 Å². The Labute approximate surface area is 92.4 Å². The number of hydrogen-bond donors (Lipinski definition) is 2. The number of rotatable bonds is 2. The highest BCUT2D eigenvalue weighted by atomic mass is 16.5. The molecule has 5 heteroatoms. The van der Waals surface area contributed by atoms with Gasteiger partial charge in [0.1, 0.15) is 5.75 Å². The van der Waals surface area contributed by atoms with Crippen molar-refractivity contribution in [3.8, 4) is 11.4 Å². The molecule has 1 heterocycles. The Hall–Kier alpha value is -2.17. The fourth-order valence-electron chi connectivity index (χ4n) is 1.57. The SMILES string of the molecule is COc1ccc(-n2[nH]c(C)cc2=O)cc1N. The lowest BCUT2D eigenvalue weighted by atomic mass is 10.2. The first-order valence-corrected chi connectivity index (χ1v) is 4.84. The Kier molecular flexibility index (Phi) is 2.44. The molecule has 0 saturated heterocycles. The van der Waals surface area contributed by atoms with Gasteiger partial charge in [0.2, 0.25) is 0 Å². The summed E-state index contributed by atoms with van der Waals surface area (Å²) in [5.41, 5.74) is 7.66. The summed E-state index contributed by atoms with van der Waals surface area (Å²) in [5, 5.41) is 2.93. The average Bonchev–Trinajstić information content (AvgIpc) is 2.58. The molecule has 0 unspecified atom stereocenters. The van der Waals surface area contributed by atoms with Crippen molar-refractivity contribution in [2.45, 2.75) is 6.92 Å². The van der Waals surface area contributed by atoms with Crippen LogP contribution in [0, 0.1) is 6.92 Å². The summed E-state index contributed by atoms with van der Waals surface area (Å²) in [7, 11) is 1.55. The van der Waals surface area contributed by atoms with E-state index in [2.05, 4.69) is 5.10 Å². The molecule has 0 fully saturated rings. The minimum absolute atomic E-state index is 0.109. The Bertz CT molecular complexity index is 569. The number of aromatic amines is 1. The Morgan fingerprint density at radius 2 is 2.12 bits per heavy atom. The molecule has 5 nitrogen and oxygen atoms in total. The molecule has 0 aliphatic rings. The predicted molar refractivity (Wildman–Crippen MR) is 62.1 cm³/mol. The van der Waals surface area contributed by atoms with Gasteiger partial charge in [-0.1, -0.05) is 0 Å². The van der Waals surface area contributed by atoms with Gasteiger partial charge in [-0.2, -0.15) is 0 Å². The number of H-pyrrole nitrogens is 1. The number of hydrogen-bond acceptors (Lipinski definition) is 3. The van der Waals surface area contributed by atoms with Gasteiger partial charge in [0.25, 0.3) is 5.56 Å². The Morgan fingerprint density at radius 3 is 2.62 bits per heavy atom. The largest absolute Gasteiger partial charge is 0.495 e. The third-order valence-corrected chi connectivity index (χ3v) is 2.32. The molecule has 0 aliphatic carbocycles. The molecule has 2 rings (SSSR count). The van der Waals surface area contributed by atoms with E-state index in [1.807, 2.05) is 6.92 Å². The first-order valence-electron chi connectivity index (χ1n) is 4.84. The number of nitrogens with one attached hydrogen (secondary N) is 1. The molecule has 0 radical (unpaired) electrons. The maximum atomic E-state index is 11.6. The molecule has 1 aromatic carbocycles. The van der Waals surface area contributed by atoms with Gasteiger partial charge in [0, 0.05) is 11.8 Å². The highest BCUT2D eigenvalue weighted by molar-refractivity contribution is 5.57. The zero-order valence-electron chi connectivity index (χ0n) is 9.15. The van der Waals surface area contributed by atoms with Crippen LogP contribution in [0.25, 0.3) is 5.69 Å². The van der Waals surface area contributed by atoms with Crippen LogP contribution in [0.15, 0.2) is 29.1 Å². The van der Waals surface area contributed by atoms with Gasteiger partial charge in [-0.25, -0.2) is 4.68 Å². The molecule has 0 amide bonds. The second-order valence-corrected chi connectivity index (χ2v) is 3.54. The van der Waals surface area contributed by atoms with E-state index < -0.39 is 0 Å². The molecule has 2 aromatic rings. The minimum atomic E-state index is -0.109. The zero-order valence-corrected chi connectivity index (χ0v) is 9.15. The van der Waals surface area contributed by atoms with Crippen LogP contribution in [0.4, 0.5) is 5.69 Å². The van der Waals surface area contributed by atoms with Crippen molar-refractivity contribution in [3.63, 3.8) is 0 Å². The van der Waals surface area contributed by atoms with E-state index >= 15 is 0 Å². The topological polar surface area (TPSA) is 73.0 Å². The van der Waals surface area contributed by atoms with Crippen molar-refractivity contribution in [2.75, 3.05) is 12.8 Å². The summed E-state index contributed by atoms with van der Waals surface area (Å²) < 4.78 is 6.48. The van der Waals surface area contributed by atoms with E-state index in [0.717, 1.165) is 5.69 Å². The van der Waals surface area contributed by atoms with Crippen molar-refractivity contribution in [2.24, 2.45) is 0 Å².